The van der Waals surface area contributed by atoms with Crippen LogP contribution >= 0.6 is 11.6 Å². The van der Waals surface area contributed by atoms with Crippen LogP contribution in [0.2, 0.25) is 5.02 Å². The summed E-state index contributed by atoms with van der Waals surface area (Å²) in [7, 11) is -3.82. The van der Waals surface area contributed by atoms with Crippen molar-refractivity contribution in [3.05, 3.63) is 76.8 Å². The number of halogens is 1. The Morgan fingerprint density at radius 1 is 0.885 bits per heavy atom. The van der Waals surface area contributed by atoms with E-state index in [1.165, 1.54) is 0 Å². The van der Waals surface area contributed by atoms with E-state index in [9.17, 15) is 13.5 Å². The highest BCUT2D eigenvalue weighted by atomic mass is 35.5. The maximum absolute atomic E-state index is 12.8. The van der Waals surface area contributed by atoms with Crippen LogP contribution in [0, 0.1) is 13.8 Å². The van der Waals surface area contributed by atoms with Crippen molar-refractivity contribution in [2.75, 3.05) is 4.72 Å². The normalized spacial score (nSPS) is 11.3. The summed E-state index contributed by atoms with van der Waals surface area (Å²) < 4.78 is 28.1. The van der Waals surface area contributed by atoms with E-state index in [2.05, 4.69) is 4.72 Å². The topological polar surface area (TPSA) is 66.4 Å². The molecule has 0 aliphatic rings. The minimum Gasteiger partial charge on any atom is -0.507 e. The lowest BCUT2D eigenvalue weighted by molar-refractivity contribution is 0.473. The Hall–Kier alpha value is -2.50. The molecule has 0 aliphatic heterocycles. The fraction of sp³-hybridized carbons (Fsp3) is 0.100. The van der Waals surface area contributed by atoms with Gasteiger partial charge in [-0.25, -0.2) is 8.42 Å². The average Bonchev–Trinajstić information content (AvgIpc) is 2.60. The molecule has 134 valence electrons. The summed E-state index contributed by atoms with van der Waals surface area (Å²) in [6.07, 6.45) is 0. The van der Waals surface area contributed by atoms with Gasteiger partial charge in [-0.1, -0.05) is 59.6 Å². The molecule has 0 heterocycles. The second-order valence-corrected chi connectivity index (χ2v) is 8.14. The van der Waals surface area contributed by atoms with Crippen LogP contribution in [0.15, 0.2) is 65.6 Å². The van der Waals surface area contributed by atoms with Crippen LogP contribution in [0.1, 0.15) is 11.1 Å². The van der Waals surface area contributed by atoms with Gasteiger partial charge in [-0.3, -0.25) is 4.72 Å². The molecule has 0 bridgehead atoms. The largest absolute Gasteiger partial charge is 0.507 e. The number of anilines is 1. The van der Waals surface area contributed by atoms with Gasteiger partial charge in [0.1, 0.15) is 5.75 Å². The van der Waals surface area contributed by atoms with Gasteiger partial charge in [-0.05, 0) is 37.6 Å². The van der Waals surface area contributed by atoms with E-state index in [-0.39, 0.29) is 21.4 Å². The lowest BCUT2D eigenvalue weighted by Crippen LogP contribution is -2.14. The van der Waals surface area contributed by atoms with Crippen molar-refractivity contribution in [2.24, 2.45) is 0 Å². The number of phenolic OH excluding ortho intramolecular Hbond substituents is 1. The first-order valence-corrected chi connectivity index (χ1v) is 9.82. The zero-order valence-corrected chi connectivity index (χ0v) is 15.9. The van der Waals surface area contributed by atoms with Crippen molar-refractivity contribution >= 4 is 27.3 Å². The summed E-state index contributed by atoms with van der Waals surface area (Å²) in [5.41, 5.74) is 2.90. The highest BCUT2D eigenvalue weighted by Gasteiger charge is 2.20. The zero-order valence-electron chi connectivity index (χ0n) is 14.3. The smallest absolute Gasteiger partial charge is 0.261 e. The molecule has 0 atom stereocenters. The molecule has 0 unspecified atom stereocenters. The standard InChI is InChI=1S/C20H18ClNO3S/c1-13-9-11-15(12-10-13)26(24,25)22-19-16(6-4-8-18(19)21)17-7-3-5-14(2)20(17)23/h3-12,22-23H,1-2H3. The number of aromatic hydroxyl groups is 1. The number of phenols is 1. The van der Waals surface area contributed by atoms with Crippen molar-refractivity contribution < 1.29 is 13.5 Å². The summed E-state index contributed by atoms with van der Waals surface area (Å²) in [6, 6.07) is 16.9. The van der Waals surface area contributed by atoms with Crippen LogP contribution in [0.25, 0.3) is 11.1 Å². The maximum Gasteiger partial charge on any atom is 0.261 e. The predicted molar refractivity (Wildman–Crippen MR) is 105 cm³/mol. The van der Waals surface area contributed by atoms with Gasteiger partial charge in [0.15, 0.2) is 0 Å². The molecule has 0 fully saturated rings. The molecule has 2 N–H and O–H groups in total. The van der Waals surface area contributed by atoms with Crippen molar-refractivity contribution in [3.8, 4) is 16.9 Å². The van der Waals surface area contributed by atoms with E-state index >= 15 is 0 Å². The van der Waals surface area contributed by atoms with Gasteiger partial charge >= 0.3 is 0 Å². The first kappa shape index (κ1) is 18.3. The Bertz CT molecular complexity index is 1060. The van der Waals surface area contributed by atoms with Crippen molar-refractivity contribution in [1.82, 2.24) is 0 Å². The van der Waals surface area contributed by atoms with Gasteiger partial charge in [0.25, 0.3) is 10.0 Å². The predicted octanol–water partition coefficient (Wildman–Crippen LogP) is 5.13. The van der Waals surface area contributed by atoms with Gasteiger partial charge in [0.05, 0.1) is 15.6 Å². The molecular formula is C20H18ClNO3S. The number of sulfonamides is 1. The Morgan fingerprint density at radius 3 is 2.19 bits per heavy atom. The second-order valence-electron chi connectivity index (χ2n) is 6.05. The van der Waals surface area contributed by atoms with Gasteiger partial charge in [0, 0.05) is 11.1 Å². The van der Waals surface area contributed by atoms with Gasteiger partial charge in [-0.15, -0.1) is 0 Å². The summed E-state index contributed by atoms with van der Waals surface area (Å²) in [4.78, 5) is 0.141. The van der Waals surface area contributed by atoms with Crippen molar-refractivity contribution in [3.63, 3.8) is 0 Å². The third-order valence-corrected chi connectivity index (χ3v) is 5.79. The van der Waals surface area contributed by atoms with E-state index in [0.29, 0.717) is 16.7 Å². The number of hydrogen-bond donors (Lipinski definition) is 2. The summed E-state index contributed by atoms with van der Waals surface area (Å²) >= 11 is 6.28. The second kappa shape index (κ2) is 7.02. The molecule has 0 aromatic heterocycles. The lowest BCUT2D eigenvalue weighted by Gasteiger charge is -2.16. The van der Waals surface area contributed by atoms with Crippen LogP contribution in [-0.2, 0) is 10.0 Å². The van der Waals surface area contributed by atoms with Gasteiger partial charge in [0.2, 0.25) is 0 Å². The monoisotopic (exact) mass is 387 g/mol. The number of aryl methyl sites for hydroxylation is 2. The Balaban J connectivity index is 2.11. The number of benzene rings is 3. The maximum atomic E-state index is 12.8. The Labute approximate surface area is 158 Å². The third-order valence-electron chi connectivity index (χ3n) is 4.11. The summed E-state index contributed by atoms with van der Waals surface area (Å²) in [5.74, 6) is 0.0885. The number of hydrogen-bond acceptors (Lipinski definition) is 3. The number of nitrogens with one attached hydrogen (secondary N) is 1. The molecule has 0 saturated carbocycles. The molecule has 3 rings (SSSR count). The quantitative estimate of drug-likeness (QED) is 0.652. The number of rotatable bonds is 4. The van der Waals surface area contributed by atoms with E-state index < -0.39 is 10.0 Å². The molecule has 0 amide bonds. The average molecular weight is 388 g/mol. The molecule has 0 saturated heterocycles. The van der Waals surface area contributed by atoms with Crippen LogP contribution in [0.5, 0.6) is 5.75 Å². The number of para-hydroxylation sites is 2. The Morgan fingerprint density at radius 2 is 1.50 bits per heavy atom. The van der Waals surface area contributed by atoms with Gasteiger partial charge < -0.3 is 5.11 Å². The van der Waals surface area contributed by atoms with Crippen molar-refractivity contribution in [2.45, 2.75) is 18.7 Å². The first-order valence-electron chi connectivity index (χ1n) is 7.96. The molecular weight excluding hydrogens is 370 g/mol. The lowest BCUT2D eigenvalue weighted by atomic mass is 10.0. The van der Waals surface area contributed by atoms with E-state index in [4.69, 9.17) is 11.6 Å². The van der Waals surface area contributed by atoms with Crippen molar-refractivity contribution in [1.29, 1.82) is 0 Å². The van der Waals surface area contributed by atoms with E-state index in [1.807, 2.05) is 6.92 Å². The fourth-order valence-corrected chi connectivity index (χ4v) is 4.02. The van der Waals surface area contributed by atoms with Gasteiger partial charge in [-0.2, -0.15) is 0 Å². The summed E-state index contributed by atoms with van der Waals surface area (Å²) in [6.45, 7) is 3.66. The zero-order chi connectivity index (χ0) is 18.9. The summed E-state index contributed by atoms with van der Waals surface area (Å²) in [5, 5.41) is 10.6. The van der Waals surface area contributed by atoms with Crippen LogP contribution in [0.3, 0.4) is 0 Å². The highest BCUT2D eigenvalue weighted by Crippen LogP contribution is 2.40. The van der Waals surface area contributed by atoms with Crippen LogP contribution < -0.4 is 4.72 Å². The SMILES string of the molecule is Cc1ccc(S(=O)(=O)Nc2c(Cl)cccc2-c2cccc(C)c2O)cc1. The Kier molecular flexibility index (Phi) is 4.94. The molecule has 6 heteroatoms. The molecule has 3 aromatic carbocycles. The molecule has 0 aliphatic carbocycles. The highest BCUT2D eigenvalue weighted by molar-refractivity contribution is 7.92. The minimum atomic E-state index is -3.82. The molecule has 0 radical (unpaired) electrons. The van der Waals surface area contributed by atoms with Crippen LogP contribution in [0.4, 0.5) is 5.69 Å². The minimum absolute atomic E-state index is 0.0885. The third kappa shape index (κ3) is 3.54. The first-order chi connectivity index (χ1) is 12.3. The molecule has 3 aromatic rings. The van der Waals surface area contributed by atoms with Crippen LogP contribution in [-0.4, -0.2) is 13.5 Å². The molecule has 26 heavy (non-hydrogen) atoms. The molecule has 4 nitrogen and oxygen atoms in total. The fourth-order valence-electron chi connectivity index (χ4n) is 2.64. The van der Waals surface area contributed by atoms with E-state index in [1.54, 1.807) is 67.6 Å². The molecule has 0 spiro atoms. The van der Waals surface area contributed by atoms with E-state index in [0.717, 1.165) is 5.56 Å².